The standard InChI is InChI=1S/C6H12OS2/c1-2-3-6(8,9)4-5-7/h5,8-9H,2-4H2,1H3. The zero-order chi connectivity index (χ0) is 7.33. The van der Waals surface area contributed by atoms with Gasteiger partial charge in [-0.15, -0.1) is 0 Å². The van der Waals surface area contributed by atoms with Crippen LogP contribution in [0.15, 0.2) is 0 Å². The number of hydrogen-bond donors (Lipinski definition) is 2. The second kappa shape index (κ2) is 4.23. The Bertz CT molecular complexity index is 91.1. The molecule has 0 bridgehead atoms. The summed E-state index contributed by atoms with van der Waals surface area (Å²) in [5.74, 6) is 0. The summed E-state index contributed by atoms with van der Waals surface area (Å²) in [4.78, 5) is 10.00. The van der Waals surface area contributed by atoms with Crippen molar-refractivity contribution in [2.45, 2.75) is 30.3 Å². The zero-order valence-electron chi connectivity index (χ0n) is 5.50. The van der Waals surface area contributed by atoms with Gasteiger partial charge in [0.15, 0.2) is 0 Å². The number of carbonyl (C=O) groups is 1. The van der Waals surface area contributed by atoms with Crippen molar-refractivity contribution in [3.8, 4) is 0 Å². The summed E-state index contributed by atoms with van der Waals surface area (Å²) in [6.45, 7) is 2.05. The molecule has 54 valence electrons. The van der Waals surface area contributed by atoms with Crippen LogP contribution in [0.2, 0.25) is 0 Å². The van der Waals surface area contributed by atoms with Crippen LogP contribution in [0.3, 0.4) is 0 Å². The van der Waals surface area contributed by atoms with Crippen LogP contribution < -0.4 is 0 Å². The van der Waals surface area contributed by atoms with Crippen molar-refractivity contribution in [3.05, 3.63) is 0 Å². The number of rotatable bonds is 4. The third kappa shape index (κ3) is 4.85. The minimum Gasteiger partial charge on any atom is -0.303 e. The van der Waals surface area contributed by atoms with Gasteiger partial charge in [0.1, 0.15) is 6.29 Å². The molecule has 0 aromatic rings. The lowest BCUT2D eigenvalue weighted by Crippen LogP contribution is -2.12. The van der Waals surface area contributed by atoms with Crippen molar-refractivity contribution in [1.82, 2.24) is 0 Å². The van der Waals surface area contributed by atoms with E-state index in [-0.39, 0.29) is 4.08 Å². The molecule has 0 aliphatic heterocycles. The van der Waals surface area contributed by atoms with Gasteiger partial charge >= 0.3 is 0 Å². The van der Waals surface area contributed by atoms with Crippen molar-refractivity contribution in [2.24, 2.45) is 0 Å². The SMILES string of the molecule is CCCC(S)(S)CC=O. The molecule has 0 N–H and O–H groups in total. The maximum absolute atomic E-state index is 10.00. The molecule has 0 aromatic carbocycles. The molecule has 0 saturated heterocycles. The maximum Gasteiger partial charge on any atom is 0.122 e. The molecule has 1 nitrogen and oxygen atoms in total. The van der Waals surface area contributed by atoms with E-state index in [4.69, 9.17) is 0 Å². The summed E-state index contributed by atoms with van der Waals surface area (Å²) in [7, 11) is 0. The Hall–Kier alpha value is 0.370. The minimum atomic E-state index is -0.378. The summed E-state index contributed by atoms with van der Waals surface area (Å²) in [5, 5.41) is 0. The molecule has 3 heteroatoms. The van der Waals surface area contributed by atoms with Crippen LogP contribution in [-0.2, 0) is 4.79 Å². The predicted molar refractivity (Wildman–Crippen MR) is 46.3 cm³/mol. The van der Waals surface area contributed by atoms with Crippen LogP contribution in [0.25, 0.3) is 0 Å². The molecule has 9 heavy (non-hydrogen) atoms. The Morgan fingerprint density at radius 3 is 2.44 bits per heavy atom. The van der Waals surface area contributed by atoms with Gasteiger partial charge in [-0.25, -0.2) is 0 Å². The summed E-state index contributed by atoms with van der Waals surface area (Å²) in [6.07, 6.45) is 3.17. The fourth-order valence-corrected chi connectivity index (χ4v) is 1.23. The first-order valence-electron chi connectivity index (χ1n) is 3.01. The van der Waals surface area contributed by atoms with E-state index in [2.05, 4.69) is 25.3 Å². The van der Waals surface area contributed by atoms with Gasteiger partial charge in [-0.2, -0.15) is 25.3 Å². The van der Waals surface area contributed by atoms with E-state index in [9.17, 15) is 4.79 Å². The quantitative estimate of drug-likeness (QED) is 0.369. The van der Waals surface area contributed by atoms with Gasteiger partial charge in [-0.05, 0) is 6.42 Å². The average molecular weight is 164 g/mol. The Morgan fingerprint density at radius 1 is 1.56 bits per heavy atom. The van der Waals surface area contributed by atoms with E-state index in [1.165, 1.54) is 0 Å². The first-order valence-corrected chi connectivity index (χ1v) is 3.90. The van der Waals surface area contributed by atoms with Gasteiger partial charge in [0.05, 0.1) is 4.08 Å². The normalized spacial score (nSPS) is 11.4. The summed E-state index contributed by atoms with van der Waals surface area (Å²) in [6, 6.07) is 0. The van der Waals surface area contributed by atoms with Gasteiger partial charge < -0.3 is 4.79 Å². The molecule has 0 atom stereocenters. The summed E-state index contributed by atoms with van der Waals surface area (Å²) in [5.41, 5.74) is 0. The predicted octanol–water partition coefficient (Wildman–Crippen LogP) is 1.93. The Balaban J connectivity index is 3.55. The lowest BCUT2D eigenvalue weighted by Gasteiger charge is -2.17. The van der Waals surface area contributed by atoms with E-state index in [0.29, 0.717) is 6.42 Å². The number of aldehydes is 1. The number of hydrogen-bond acceptors (Lipinski definition) is 3. The molecule has 0 fully saturated rings. The first-order chi connectivity index (χ1) is 4.12. The Labute approximate surface area is 67.0 Å². The monoisotopic (exact) mass is 164 g/mol. The molecule has 0 spiro atoms. The van der Waals surface area contributed by atoms with Crippen molar-refractivity contribution in [1.29, 1.82) is 0 Å². The van der Waals surface area contributed by atoms with E-state index in [0.717, 1.165) is 19.1 Å². The van der Waals surface area contributed by atoms with E-state index in [1.807, 2.05) is 6.92 Å². The third-order valence-electron chi connectivity index (χ3n) is 1.06. The van der Waals surface area contributed by atoms with Crippen LogP contribution in [0, 0.1) is 0 Å². The first kappa shape index (κ1) is 9.37. The zero-order valence-corrected chi connectivity index (χ0v) is 7.29. The van der Waals surface area contributed by atoms with E-state index in [1.54, 1.807) is 0 Å². The fourth-order valence-electron chi connectivity index (χ4n) is 0.636. The molecule has 0 unspecified atom stereocenters. The highest BCUT2D eigenvalue weighted by atomic mass is 32.2. The Morgan fingerprint density at radius 2 is 2.11 bits per heavy atom. The highest BCUT2D eigenvalue weighted by molar-refractivity contribution is 8.00. The third-order valence-corrected chi connectivity index (χ3v) is 1.87. The fraction of sp³-hybridized carbons (Fsp3) is 0.833. The molecule has 0 amide bonds. The minimum absolute atomic E-state index is 0.378. The number of thiol groups is 2. The second-order valence-electron chi connectivity index (χ2n) is 2.10. The van der Waals surface area contributed by atoms with Crippen molar-refractivity contribution >= 4 is 31.5 Å². The van der Waals surface area contributed by atoms with Gasteiger partial charge in [0, 0.05) is 6.42 Å². The van der Waals surface area contributed by atoms with Crippen LogP contribution in [0.5, 0.6) is 0 Å². The molecular weight excluding hydrogens is 152 g/mol. The van der Waals surface area contributed by atoms with Crippen LogP contribution in [-0.4, -0.2) is 10.4 Å². The largest absolute Gasteiger partial charge is 0.303 e. The van der Waals surface area contributed by atoms with Gasteiger partial charge in [0.2, 0.25) is 0 Å². The molecule has 0 saturated carbocycles. The highest BCUT2D eigenvalue weighted by Gasteiger charge is 2.17. The lowest BCUT2D eigenvalue weighted by molar-refractivity contribution is -0.107. The lowest BCUT2D eigenvalue weighted by atomic mass is 10.2. The molecular formula is C6H12OS2. The molecule has 0 aliphatic carbocycles. The van der Waals surface area contributed by atoms with Crippen LogP contribution >= 0.6 is 25.3 Å². The summed E-state index contributed by atoms with van der Waals surface area (Å²) >= 11 is 8.36. The highest BCUT2D eigenvalue weighted by Crippen LogP contribution is 2.28. The van der Waals surface area contributed by atoms with E-state index < -0.39 is 0 Å². The van der Waals surface area contributed by atoms with Gasteiger partial charge in [0.25, 0.3) is 0 Å². The van der Waals surface area contributed by atoms with Crippen molar-refractivity contribution in [2.75, 3.05) is 0 Å². The smallest absolute Gasteiger partial charge is 0.122 e. The number of carbonyl (C=O) groups excluding carboxylic acids is 1. The molecule has 0 heterocycles. The molecule has 0 aromatic heterocycles. The maximum atomic E-state index is 10.00. The average Bonchev–Trinajstić information content (AvgIpc) is 1.64. The van der Waals surface area contributed by atoms with E-state index >= 15 is 0 Å². The molecule has 0 aliphatic rings. The topological polar surface area (TPSA) is 17.1 Å². The van der Waals surface area contributed by atoms with Crippen LogP contribution in [0.4, 0.5) is 0 Å². The Kier molecular flexibility index (Phi) is 4.40. The van der Waals surface area contributed by atoms with Gasteiger partial charge in [-0.3, -0.25) is 0 Å². The van der Waals surface area contributed by atoms with Crippen LogP contribution in [0.1, 0.15) is 26.2 Å². The summed E-state index contributed by atoms with van der Waals surface area (Å²) < 4.78 is -0.378. The second-order valence-corrected chi connectivity index (χ2v) is 4.17. The van der Waals surface area contributed by atoms with Crippen molar-refractivity contribution < 1.29 is 4.79 Å². The van der Waals surface area contributed by atoms with Crippen molar-refractivity contribution in [3.63, 3.8) is 0 Å². The van der Waals surface area contributed by atoms with Gasteiger partial charge in [-0.1, -0.05) is 13.3 Å². The molecule has 0 radical (unpaired) electrons. The molecule has 0 rings (SSSR count).